The topological polar surface area (TPSA) is 48.1 Å². The number of nitrogens with zero attached hydrogens (tertiary/aromatic N) is 1. The van der Waals surface area contributed by atoms with Gasteiger partial charge in [-0.2, -0.15) is 0 Å². The molecule has 0 spiro atoms. The molecule has 2 aromatic rings. The van der Waals surface area contributed by atoms with Crippen molar-refractivity contribution < 1.29 is 4.79 Å². The third-order valence-electron chi connectivity index (χ3n) is 2.76. The first-order chi connectivity index (χ1) is 8.66. The van der Waals surface area contributed by atoms with Crippen LogP contribution in [-0.2, 0) is 6.54 Å². The Hall–Kier alpha value is -2.23. The number of aromatic amines is 1. The van der Waals surface area contributed by atoms with Gasteiger partial charge in [0.2, 0.25) is 0 Å². The molecule has 0 aliphatic rings. The van der Waals surface area contributed by atoms with Gasteiger partial charge in [0.05, 0.1) is 0 Å². The molecule has 0 saturated carbocycles. The van der Waals surface area contributed by atoms with E-state index in [-0.39, 0.29) is 5.91 Å². The molecule has 2 N–H and O–H groups in total. The van der Waals surface area contributed by atoms with E-state index in [2.05, 4.69) is 10.3 Å². The van der Waals surface area contributed by atoms with Crippen molar-refractivity contribution in [1.82, 2.24) is 10.3 Å². The van der Waals surface area contributed by atoms with Gasteiger partial charge in [-0.1, -0.05) is 0 Å². The Morgan fingerprint density at radius 3 is 2.50 bits per heavy atom. The molecule has 0 unspecified atom stereocenters. The van der Waals surface area contributed by atoms with Crippen LogP contribution in [0.3, 0.4) is 0 Å². The highest BCUT2D eigenvalue weighted by Gasteiger charge is 2.05. The van der Waals surface area contributed by atoms with Crippen LogP contribution in [0.15, 0.2) is 42.7 Å². The molecule has 0 aliphatic carbocycles. The Bertz CT molecular complexity index is 500. The Morgan fingerprint density at radius 1 is 1.22 bits per heavy atom. The van der Waals surface area contributed by atoms with Crippen molar-refractivity contribution >= 4 is 11.6 Å². The third kappa shape index (κ3) is 2.91. The van der Waals surface area contributed by atoms with Crippen LogP contribution in [0.25, 0.3) is 0 Å². The van der Waals surface area contributed by atoms with Crippen molar-refractivity contribution in [2.75, 3.05) is 19.0 Å². The van der Waals surface area contributed by atoms with Crippen LogP contribution >= 0.6 is 0 Å². The van der Waals surface area contributed by atoms with Crippen molar-refractivity contribution in [3.63, 3.8) is 0 Å². The Kier molecular flexibility index (Phi) is 3.67. The van der Waals surface area contributed by atoms with Gasteiger partial charge in [0.15, 0.2) is 0 Å². The fourth-order valence-electron chi connectivity index (χ4n) is 1.66. The van der Waals surface area contributed by atoms with Gasteiger partial charge >= 0.3 is 0 Å². The predicted molar refractivity (Wildman–Crippen MR) is 72.7 cm³/mol. The largest absolute Gasteiger partial charge is 0.378 e. The van der Waals surface area contributed by atoms with Gasteiger partial charge < -0.3 is 15.2 Å². The highest BCUT2D eigenvalue weighted by molar-refractivity contribution is 5.94. The van der Waals surface area contributed by atoms with E-state index in [0.717, 1.165) is 11.3 Å². The van der Waals surface area contributed by atoms with Crippen molar-refractivity contribution in [3.8, 4) is 0 Å². The highest BCUT2D eigenvalue weighted by atomic mass is 16.1. The molecule has 1 aromatic heterocycles. The molecule has 0 aliphatic heterocycles. The molecule has 1 heterocycles. The quantitative estimate of drug-likeness (QED) is 0.863. The maximum Gasteiger partial charge on any atom is 0.251 e. The molecule has 94 valence electrons. The number of anilines is 1. The van der Waals surface area contributed by atoms with Crippen molar-refractivity contribution in [1.29, 1.82) is 0 Å². The Morgan fingerprint density at radius 2 is 1.94 bits per heavy atom. The summed E-state index contributed by atoms with van der Waals surface area (Å²) in [6.45, 7) is 0.539. The van der Waals surface area contributed by atoms with Gasteiger partial charge in [-0.15, -0.1) is 0 Å². The standard InChI is InChI=1S/C14H17N3O/c1-17(2)13-5-3-12(4-6-13)14(18)16-10-11-7-8-15-9-11/h3-9,15H,10H2,1-2H3,(H,16,18). The molecule has 2 rings (SSSR count). The van der Waals surface area contributed by atoms with Gasteiger partial charge in [0.25, 0.3) is 5.91 Å². The van der Waals surface area contributed by atoms with E-state index in [4.69, 9.17) is 0 Å². The lowest BCUT2D eigenvalue weighted by Gasteiger charge is -2.12. The molecule has 4 heteroatoms. The maximum absolute atomic E-state index is 11.9. The zero-order valence-electron chi connectivity index (χ0n) is 10.6. The van der Waals surface area contributed by atoms with Crippen molar-refractivity contribution in [2.24, 2.45) is 0 Å². The first-order valence-electron chi connectivity index (χ1n) is 5.84. The zero-order valence-corrected chi connectivity index (χ0v) is 10.6. The maximum atomic E-state index is 11.9. The van der Waals surface area contributed by atoms with E-state index in [1.807, 2.05) is 61.7 Å². The lowest BCUT2D eigenvalue weighted by molar-refractivity contribution is 0.0951. The normalized spacial score (nSPS) is 10.1. The first-order valence-corrected chi connectivity index (χ1v) is 5.84. The summed E-state index contributed by atoms with van der Waals surface area (Å²) in [5.41, 5.74) is 2.82. The van der Waals surface area contributed by atoms with E-state index in [1.54, 1.807) is 0 Å². The zero-order chi connectivity index (χ0) is 13.0. The van der Waals surface area contributed by atoms with E-state index in [9.17, 15) is 4.79 Å². The minimum Gasteiger partial charge on any atom is -0.378 e. The Balaban J connectivity index is 1.96. The summed E-state index contributed by atoms with van der Waals surface area (Å²) in [4.78, 5) is 16.8. The number of hydrogen-bond acceptors (Lipinski definition) is 2. The van der Waals surface area contributed by atoms with Gasteiger partial charge in [0, 0.05) is 44.3 Å². The molecular formula is C14H17N3O. The lowest BCUT2D eigenvalue weighted by atomic mass is 10.2. The van der Waals surface area contributed by atoms with Crippen LogP contribution < -0.4 is 10.2 Å². The second-order valence-electron chi connectivity index (χ2n) is 4.34. The number of H-pyrrole nitrogens is 1. The van der Waals surface area contributed by atoms with E-state index in [1.165, 1.54) is 0 Å². The molecule has 0 radical (unpaired) electrons. The van der Waals surface area contributed by atoms with Crippen LogP contribution in [0.2, 0.25) is 0 Å². The fraction of sp³-hybridized carbons (Fsp3) is 0.214. The number of carbonyl (C=O) groups is 1. The molecular weight excluding hydrogens is 226 g/mol. The van der Waals surface area contributed by atoms with E-state index in [0.29, 0.717) is 12.1 Å². The van der Waals surface area contributed by atoms with Crippen LogP contribution in [0.1, 0.15) is 15.9 Å². The second-order valence-corrected chi connectivity index (χ2v) is 4.34. The highest BCUT2D eigenvalue weighted by Crippen LogP contribution is 2.12. The number of carbonyl (C=O) groups excluding carboxylic acids is 1. The molecule has 0 atom stereocenters. The average Bonchev–Trinajstić information content (AvgIpc) is 2.89. The van der Waals surface area contributed by atoms with Crippen LogP contribution in [0.5, 0.6) is 0 Å². The summed E-state index contributed by atoms with van der Waals surface area (Å²) in [6.07, 6.45) is 3.71. The van der Waals surface area contributed by atoms with Crippen molar-refractivity contribution in [2.45, 2.75) is 6.54 Å². The predicted octanol–water partition coefficient (Wildman–Crippen LogP) is 2.01. The molecule has 0 saturated heterocycles. The van der Waals surface area contributed by atoms with Crippen molar-refractivity contribution in [3.05, 3.63) is 53.9 Å². The molecule has 18 heavy (non-hydrogen) atoms. The summed E-state index contributed by atoms with van der Waals surface area (Å²) < 4.78 is 0. The van der Waals surface area contributed by atoms with E-state index >= 15 is 0 Å². The summed E-state index contributed by atoms with van der Waals surface area (Å²) in [5, 5.41) is 2.88. The van der Waals surface area contributed by atoms with Crippen LogP contribution in [0.4, 0.5) is 5.69 Å². The smallest absolute Gasteiger partial charge is 0.251 e. The lowest BCUT2D eigenvalue weighted by Crippen LogP contribution is -2.22. The van der Waals surface area contributed by atoms with Crippen LogP contribution in [-0.4, -0.2) is 25.0 Å². The van der Waals surface area contributed by atoms with Gasteiger partial charge in [-0.05, 0) is 35.9 Å². The summed E-state index contributed by atoms with van der Waals surface area (Å²) in [5.74, 6) is -0.0542. The first kappa shape index (κ1) is 12.2. The number of aromatic nitrogens is 1. The van der Waals surface area contributed by atoms with E-state index < -0.39 is 0 Å². The Labute approximate surface area is 107 Å². The number of amides is 1. The minimum absolute atomic E-state index is 0.0542. The average molecular weight is 243 g/mol. The molecule has 0 bridgehead atoms. The third-order valence-corrected chi connectivity index (χ3v) is 2.76. The second kappa shape index (κ2) is 5.40. The number of nitrogens with one attached hydrogen (secondary N) is 2. The molecule has 4 nitrogen and oxygen atoms in total. The minimum atomic E-state index is -0.0542. The summed E-state index contributed by atoms with van der Waals surface area (Å²) in [6, 6.07) is 9.48. The summed E-state index contributed by atoms with van der Waals surface area (Å²) >= 11 is 0. The summed E-state index contributed by atoms with van der Waals surface area (Å²) in [7, 11) is 3.95. The number of hydrogen-bond donors (Lipinski definition) is 2. The SMILES string of the molecule is CN(C)c1ccc(C(=O)NCc2cc[nH]c2)cc1. The molecule has 1 aromatic carbocycles. The monoisotopic (exact) mass is 243 g/mol. The van der Waals surface area contributed by atoms with Gasteiger partial charge in [0.1, 0.15) is 0 Å². The van der Waals surface area contributed by atoms with Gasteiger partial charge in [-0.25, -0.2) is 0 Å². The fourth-order valence-corrected chi connectivity index (χ4v) is 1.66. The number of rotatable bonds is 4. The van der Waals surface area contributed by atoms with Gasteiger partial charge in [-0.3, -0.25) is 4.79 Å². The van der Waals surface area contributed by atoms with Crippen LogP contribution in [0, 0.1) is 0 Å². The molecule has 0 fully saturated rings. The molecule has 1 amide bonds. The number of benzene rings is 1.